The molecule has 0 spiro atoms. The Balaban J connectivity index is 1.96. The van der Waals surface area contributed by atoms with Crippen LogP contribution in [0.5, 0.6) is 0 Å². The standard InChI is InChI=1S/C17H21NO4/c1-12-10-18(16(20)22-17(2,3)4)11-14(12)21-15(19)13-8-6-5-7-9-13/h5-9,14H,1,10-11H2,2-4H3/t14-/m0/s1. The Kier molecular flexibility index (Phi) is 4.54. The maximum atomic E-state index is 12.1. The van der Waals surface area contributed by atoms with Crippen LogP contribution in [0.3, 0.4) is 0 Å². The molecule has 2 rings (SSSR count). The van der Waals surface area contributed by atoms with Gasteiger partial charge in [-0.15, -0.1) is 0 Å². The van der Waals surface area contributed by atoms with E-state index >= 15 is 0 Å². The fourth-order valence-corrected chi connectivity index (χ4v) is 2.10. The summed E-state index contributed by atoms with van der Waals surface area (Å²) >= 11 is 0. The van der Waals surface area contributed by atoms with Crippen LogP contribution in [-0.2, 0) is 9.47 Å². The van der Waals surface area contributed by atoms with Gasteiger partial charge in [-0.05, 0) is 38.5 Å². The average Bonchev–Trinajstić information content (AvgIpc) is 2.79. The normalized spacial score (nSPS) is 18.2. The van der Waals surface area contributed by atoms with Crippen molar-refractivity contribution in [1.29, 1.82) is 0 Å². The Labute approximate surface area is 130 Å². The number of hydrogen-bond acceptors (Lipinski definition) is 4. The van der Waals surface area contributed by atoms with Crippen molar-refractivity contribution in [2.24, 2.45) is 0 Å². The third-order valence-electron chi connectivity index (χ3n) is 3.15. The fourth-order valence-electron chi connectivity index (χ4n) is 2.10. The SMILES string of the molecule is C=C1CN(C(=O)OC(C)(C)C)C[C@@H]1OC(=O)c1ccccc1. The molecule has 0 unspecified atom stereocenters. The van der Waals surface area contributed by atoms with Crippen molar-refractivity contribution < 1.29 is 19.1 Å². The van der Waals surface area contributed by atoms with Gasteiger partial charge in [-0.1, -0.05) is 24.8 Å². The van der Waals surface area contributed by atoms with Gasteiger partial charge in [0.05, 0.1) is 12.1 Å². The minimum atomic E-state index is -0.558. The van der Waals surface area contributed by atoms with Crippen molar-refractivity contribution in [1.82, 2.24) is 4.90 Å². The number of hydrogen-bond donors (Lipinski definition) is 0. The van der Waals surface area contributed by atoms with E-state index in [9.17, 15) is 9.59 Å². The lowest BCUT2D eigenvalue weighted by Gasteiger charge is -2.24. The first kappa shape index (κ1) is 16.1. The van der Waals surface area contributed by atoms with Gasteiger partial charge in [0, 0.05) is 6.54 Å². The quantitative estimate of drug-likeness (QED) is 0.622. The summed E-state index contributed by atoms with van der Waals surface area (Å²) in [6, 6.07) is 8.74. The molecular weight excluding hydrogens is 282 g/mol. The molecule has 0 N–H and O–H groups in total. The number of esters is 1. The molecule has 1 heterocycles. The van der Waals surface area contributed by atoms with Crippen LogP contribution in [-0.4, -0.2) is 41.8 Å². The van der Waals surface area contributed by atoms with E-state index in [4.69, 9.17) is 9.47 Å². The van der Waals surface area contributed by atoms with Crippen molar-refractivity contribution in [3.63, 3.8) is 0 Å². The van der Waals surface area contributed by atoms with Gasteiger partial charge in [-0.2, -0.15) is 0 Å². The van der Waals surface area contributed by atoms with Crippen LogP contribution >= 0.6 is 0 Å². The van der Waals surface area contributed by atoms with Crippen LogP contribution in [0.2, 0.25) is 0 Å². The molecule has 5 nitrogen and oxygen atoms in total. The lowest BCUT2D eigenvalue weighted by molar-refractivity contribution is 0.0202. The molecule has 1 fully saturated rings. The van der Waals surface area contributed by atoms with Gasteiger partial charge in [0.15, 0.2) is 0 Å². The Morgan fingerprint density at radius 2 is 1.86 bits per heavy atom. The first-order valence-corrected chi connectivity index (χ1v) is 7.18. The summed E-state index contributed by atoms with van der Waals surface area (Å²) in [4.78, 5) is 25.6. The summed E-state index contributed by atoms with van der Waals surface area (Å²) in [5.74, 6) is -0.419. The minimum Gasteiger partial charge on any atom is -0.452 e. The van der Waals surface area contributed by atoms with E-state index in [1.54, 1.807) is 24.3 Å². The topological polar surface area (TPSA) is 55.8 Å². The van der Waals surface area contributed by atoms with E-state index in [0.29, 0.717) is 17.7 Å². The molecule has 1 aliphatic rings. The first-order valence-electron chi connectivity index (χ1n) is 7.18. The van der Waals surface area contributed by atoms with E-state index < -0.39 is 23.8 Å². The van der Waals surface area contributed by atoms with E-state index in [1.165, 1.54) is 4.90 Å². The molecule has 1 amide bonds. The second-order valence-corrected chi connectivity index (χ2v) is 6.28. The molecule has 0 aromatic heterocycles. The largest absolute Gasteiger partial charge is 0.452 e. The zero-order chi connectivity index (χ0) is 16.3. The second-order valence-electron chi connectivity index (χ2n) is 6.28. The molecule has 22 heavy (non-hydrogen) atoms. The van der Waals surface area contributed by atoms with Crippen LogP contribution < -0.4 is 0 Å². The van der Waals surface area contributed by atoms with E-state index in [1.807, 2.05) is 26.8 Å². The zero-order valence-corrected chi connectivity index (χ0v) is 13.2. The molecule has 0 radical (unpaired) electrons. The van der Waals surface area contributed by atoms with E-state index in [0.717, 1.165) is 0 Å². The van der Waals surface area contributed by atoms with Gasteiger partial charge < -0.3 is 14.4 Å². The Morgan fingerprint density at radius 1 is 1.23 bits per heavy atom. The van der Waals surface area contributed by atoms with Crippen molar-refractivity contribution in [2.75, 3.05) is 13.1 Å². The molecule has 1 saturated heterocycles. The zero-order valence-electron chi connectivity index (χ0n) is 13.2. The number of benzene rings is 1. The molecule has 1 aliphatic heterocycles. The van der Waals surface area contributed by atoms with Crippen LogP contribution in [0, 0.1) is 0 Å². The van der Waals surface area contributed by atoms with Gasteiger partial charge in [-0.3, -0.25) is 0 Å². The monoisotopic (exact) mass is 303 g/mol. The number of rotatable bonds is 2. The third kappa shape index (κ3) is 4.10. The number of nitrogens with zero attached hydrogens (tertiary/aromatic N) is 1. The van der Waals surface area contributed by atoms with Crippen molar-refractivity contribution in [3.8, 4) is 0 Å². The predicted octanol–water partition coefficient (Wildman–Crippen LogP) is 3.02. The lowest BCUT2D eigenvalue weighted by atomic mass is 10.2. The molecule has 0 aliphatic carbocycles. The number of amides is 1. The second kappa shape index (κ2) is 6.22. The summed E-state index contributed by atoms with van der Waals surface area (Å²) in [5.41, 5.74) is 0.609. The molecule has 1 aromatic rings. The highest BCUT2D eigenvalue weighted by atomic mass is 16.6. The van der Waals surface area contributed by atoms with Crippen LogP contribution in [0.15, 0.2) is 42.5 Å². The van der Waals surface area contributed by atoms with Crippen molar-refractivity contribution in [2.45, 2.75) is 32.5 Å². The fraction of sp³-hybridized carbons (Fsp3) is 0.412. The molecule has 0 bridgehead atoms. The summed E-state index contributed by atoms with van der Waals surface area (Å²) < 4.78 is 10.7. The van der Waals surface area contributed by atoms with Gasteiger partial charge in [-0.25, -0.2) is 9.59 Å². The van der Waals surface area contributed by atoms with Gasteiger partial charge in [0.2, 0.25) is 0 Å². The minimum absolute atomic E-state index is 0.270. The highest BCUT2D eigenvalue weighted by Crippen LogP contribution is 2.21. The van der Waals surface area contributed by atoms with E-state index in [2.05, 4.69) is 6.58 Å². The molecular formula is C17H21NO4. The Hall–Kier alpha value is -2.30. The van der Waals surface area contributed by atoms with Gasteiger partial charge >= 0.3 is 12.1 Å². The maximum Gasteiger partial charge on any atom is 0.410 e. The van der Waals surface area contributed by atoms with Crippen LogP contribution in [0.4, 0.5) is 4.79 Å². The highest BCUT2D eigenvalue weighted by Gasteiger charge is 2.34. The summed E-state index contributed by atoms with van der Waals surface area (Å²) in [7, 11) is 0. The van der Waals surface area contributed by atoms with Crippen molar-refractivity contribution >= 4 is 12.1 Å². The summed E-state index contributed by atoms with van der Waals surface area (Å²) in [5, 5.41) is 0. The van der Waals surface area contributed by atoms with Gasteiger partial charge in [0.25, 0.3) is 0 Å². The Morgan fingerprint density at radius 3 is 2.45 bits per heavy atom. The van der Waals surface area contributed by atoms with Crippen molar-refractivity contribution in [3.05, 3.63) is 48.0 Å². The first-order chi connectivity index (χ1) is 10.3. The average molecular weight is 303 g/mol. The van der Waals surface area contributed by atoms with E-state index in [-0.39, 0.29) is 6.54 Å². The molecule has 5 heteroatoms. The molecule has 0 saturated carbocycles. The molecule has 1 atom stereocenters. The highest BCUT2D eigenvalue weighted by molar-refractivity contribution is 5.89. The van der Waals surface area contributed by atoms with Gasteiger partial charge in [0.1, 0.15) is 11.7 Å². The third-order valence-corrected chi connectivity index (χ3v) is 3.15. The van der Waals surface area contributed by atoms with Crippen LogP contribution in [0.1, 0.15) is 31.1 Å². The molecule has 1 aromatic carbocycles. The number of carbonyl (C=O) groups excluding carboxylic acids is 2. The maximum absolute atomic E-state index is 12.1. The number of carbonyl (C=O) groups is 2. The van der Waals surface area contributed by atoms with Crippen LogP contribution in [0.25, 0.3) is 0 Å². The predicted molar refractivity (Wildman–Crippen MR) is 82.6 cm³/mol. The smallest absolute Gasteiger partial charge is 0.410 e. The number of ether oxygens (including phenoxy) is 2. The summed E-state index contributed by atoms with van der Waals surface area (Å²) in [6.45, 7) is 9.91. The Bertz CT molecular complexity index is 574. The lowest BCUT2D eigenvalue weighted by Crippen LogP contribution is -2.36. The summed E-state index contributed by atoms with van der Waals surface area (Å²) in [6.07, 6.45) is -0.924. The number of likely N-dealkylation sites (tertiary alicyclic amines) is 1. The molecule has 118 valence electrons.